The second kappa shape index (κ2) is 10.0. The summed E-state index contributed by atoms with van der Waals surface area (Å²) in [5, 5.41) is 35.5. The molecule has 5 aliphatic heterocycles. The summed E-state index contributed by atoms with van der Waals surface area (Å²) >= 11 is 0. The Kier molecular flexibility index (Phi) is 7.17. The molecule has 0 aromatic heterocycles. The molecule has 0 aromatic rings. The minimum atomic E-state index is -0.0138. The average molecular weight is 423 g/mol. The lowest BCUT2D eigenvalue weighted by atomic mass is 9.67. The summed E-state index contributed by atoms with van der Waals surface area (Å²) in [4.78, 5) is 0. The van der Waals surface area contributed by atoms with Crippen LogP contribution in [-0.4, -0.2) is 119 Å². The van der Waals surface area contributed by atoms with E-state index in [1.165, 1.54) is 6.42 Å². The second-order valence-electron chi connectivity index (χ2n) is 9.39. The van der Waals surface area contributed by atoms with Crippen LogP contribution in [0.15, 0.2) is 0 Å². The second-order valence-corrected chi connectivity index (χ2v) is 9.39. The first-order valence-corrected chi connectivity index (χ1v) is 12.2. The molecule has 5 saturated heterocycles. The summed E-state index contributed by atoms with van der Waals surface area (Å²) in [6, 6.07) is 0.771. The predicted octanol–water partition coefficient (Wildman–Crippen LogP) is -3.60. The maximum absolute atomic E-state index is 4.02. The van der Waals surface area contributed by atoms with E-state index in [1.54, 1.807) is 0 Å². The zero-order valence-electron chi connectivity index (χ0n) is 18.3. The summed E-state index contributed by atoms with van der Waals surface area (Å²) in [5.74, 6) is 0.514. The average Bonchev–Trinajstić information content (AvgIpc) is 2.85. The van der Waals surface area contributed by atoms with E-state index in [1.807, 2.05) is 0 Å². The standard InChI is InChI=1S/C20H42N10/c1-3-26-19(27-4-1)18-20(16-12-23-14-24-13-16,17-2-5-22-15-28-17)30(11-8-25-18)29-9-6-21-7-10-29/h16-19,21-28H,1-15H2. The van der Waals surface area contributed by atoms with E-state index in [0.717, 1.165) is 91.8 Å². The molecular formula is C20H42N10. The molecule has 10 heteroatoms. The van der Waals surface area contributed by atoms with E-state index in [4.69, 9.17) is 0 Å². The Bertz CT molecular complexity index is 478. The molecule has 0 radical (unpaired) electrons. The van der Waals surface area contributed by atoms with Gasteiger partial charge in [-0.25, -0.2) is 10.0 Å². The van der Waals surface area contributed by atoms with Gasteiger partial charge in [-0.15, -0.1) is 0 Å². The van der Waals surface area contributed by atoms with E-state index in [2.05, 4.69) is 52.6 Å². The highest BCUT2D eigenvalue weighted by Crippen LogP contribution is 2.39. The molecule has 0 aliphatic carbocycles. The summed E-state index contributed by atoms with van der Waals surface area (Å²) in [5.41, 5.74) is -0.0138. The van der Waals surface area contributed by atoms with Crippen LogP contribution in [0.5, 0.6) is 0 Å². The van der Waals surface area contributed by atoms with E-state index < -0.39 is 0 Å². The van der Waals surface area contributed by atoms with Gasteiger partial charge in [0.15, 0.2) is 0 Å². The summed E-state index contributed by atoms with van der Waals surface area (Å²) in [7, 11) is 0. The van der Waals surface area contributed by atoms with E-state index >= 15 is 0 Å². The number of piperazine rings is 2. The number of hydrogen-bond donors (Lipinski definition) is 8. The first-order valence-electron chi connectivity index (χ1n) is 12.2. The van der Waals surface area contributed by atoms with E-state index in [-0.39, 0.29) is 5.54 Å². The van der Waals surface area contributed by atoms with Crippen LogP contribution >= 0.6 is 0 Å². The van der Waals surface area contributed by atoms with Crippen LogP contribution in [0.1, 0.15) is 12.8 Å². The van der Waals surface area contributed by atoms with Crippen LogP contribution in [0, 0.1) is 5.92 Å². The third-order valence-electron chi connectivity index (χ3n) is 7.81. The SMILES string of the molecule is C1CNC(C2NCCN(N3CCNCC3)C2(C2CNCNC2)C2CCNCN2)NC1. The van der Waals surface area contributed by atoms with Crippen molar-refractivity contribution in [3.8, 4) is 0 Å². The monoisotopic (exact) mass is 422 g/mol. The number of hydrogen-bond acceptors (Lipinski definition) is 10. The normalized spacial score (nSPS) is 39.2. The zero-order valence-corrected chi connectivity index (χ0v) is 18.3. The Labute approximate surface area is 181 Å². The van der Waals surface area contributed by atoms with Crippen LogP contribution < -0.4 is 42.5 Å². The van der Waals surface area contributed by atoms with Crippen molar-refractivity contribution in [3.05, 3.63) is 0 Å². The molecule has 5 rings (SSSR count). The van der Waals surface area contributed by atoms with E-state index in [9.17, 15) is 0 Å². The highest BCUT2D eigenvalue weighted by atomic mass is 15.7. The molecule has 5 heterocycles. The van der Waals surface area contributed by atoms with Crippen LogP contribution in [0.4, 0.5) is 0 Å². The highest BCUT2D eigenvalue weighted by molar-refractivity contribution is 5.18. The molecule has 172 valence electrons. The number of rotatable bonds is 4. The molecule has 30 heavy (non-hydrogen) atoms. The van der Waals surface area contributed by atoms with Crippen LogP contribution in [0.3, 0.4) is 0 Å². The van der Waals surface area contributed by atoms with Crippen LogP contribution in [0.2, 0.25) is 0 Å². The molecule has 0 saturated carbocycles. The number of hydrazine groups is 1. The third kappa shape index (κ3) is 4.03. The minimum absolute atomic E-state index is 0.0138. The molecule has 3 unspecified atom stereocenters. The Morgan fingerprint density at radius 3 is 2.20 bits per heavy atom. The molecule has 0 bridgehead atoms. The van der Waals surface area contributed by atoms with Gasteiger partial charge in [-0.2, -0.15) is 0 Å². The largest absolute Gasteiger partial charge is 0.314 e. The Morgan fingerprint density at radius 1 is 0.667 bits per heavy atom. The van der Waals surface area contributed by atoms with Crippen molar-refractivity contribution in [2.45, 2.75) is 36.6 Å². The summed E-state index contributed by atoms with van der Waals surface area (Å²) in [6.45, 7) is 13.7. The molecular weight excluding hydrogens is 380 g/mol. The molecule has 8 N–H and O–H groups in total. The van der Waals surface area contributed by atoms with Gasteiger partial charge in [0.05, 0.1) is 17.7 Å². The van der Waals surface area contributed by atoms with Crippen molar-refractivity contribution < 1.29 is 0 Å². The van der Waals surface area contributed by atoms with Crippen LogP contribution in [0.25, 0.3) is 0 Å². The number of nitrogens with zero attached hydrogens (tertiary/aromatic N) is 2. The van der Waals surface area contributed by atoms with Gasteiger partial charge in [0.25, 0.3) is 0 Å². The van der Waals surface area contributed by atoms with Gasteiger partial charge in [0.1, 0.15) is 0 Å². The third-order valence-corrected chi connectivity index (χ3v) is 7.81. The minimum Gasteiger partial charge on any atom is -0.314 e. The maximum atomic E-state index is 4.02. The molecule has 0 spiro atoms. The molecule has 10 nitrogen and oxygen atoms in total. The quantitative estimate of drug-likeness (QED) is 0.232. The lowest BCUT2D eigenvalue weighted by Gasteiger charge is -2.65. The van der Waals surface area contributed by atoms with Crippen molar-refractivity contribution in [3.63, 3.8) is 0 Å². The van der Waals surface area contributed by atoms with Gasteiger partial charge in [-0.3, -0.25) is 5.32 Å². The zero-order chi connectivity index (χ0) is 20.2. The van der Waals surface area contributed by atoms with Crippen molar-refractivity contribution in [1.29, 1.82) is 0 Å². The van der Waals surface area contributed by atoms with Gasteiger partial charge in [0, 0.05) is 77.7 Å². The van der Waals surface area contributed by atoms with Gasteiger partial charge >= 0.3 is 0 Å². The van der Waals surface area contributed by atoms with Crippen molar-refractivity contribution in [2.24, 2.45) is 5.92 Å². The molecule has 0 amide bonds. The Morgan fingerprint density at radius 2 is 1.47 bits per heavy atom. The highest BCUT2D eigenvalue weighted by Gasteiger charge is 2.60. The van der Waals surface area contributed by atoms with Gasteiger partial charge in [-0.05, 0) is 32.5 Å². The first-order chi connectivity index (χ1) is 14.9. The lowest BCUT2D eigenvalue weighted by Crippen LogP contribution is -2.86. The maximum Gasteiger partial charge on any atom is 0.0749 e. The molecule has 5 fully saturated rings. The van der Waals surface area contributed by atoms with Crippen molar-refractivity contribution in [1.82, 2.24) is 52.6 Å². The topological polar surface area (TPSA) is 103 Å². The predicted molar refractivity (Wildman–Crippen MR) is 119 cm³/mol. The molecule has 0 aromatic carbocycles. The van der Waals surface area contributed by atoms with Crippen molar-refractivity contribution >= 4 is 0 Å². The van der Waals surface area contributed by atoms with Gasteiger partial charge in [0.2, 0.25) is 0 Å². The first kappa shape index (κ1) is 21.4. The fourth-order valence-electron chi connectivity index (χ4n) is 6.57. The fourth-order valence-corrected chi connectivity index (χ4v) is 6.57. The Hall–Kier alpha value is -0.400. The fraction of sp³-hybridized carbons (Fsp3) is 1.00. The molecule has 5 aliphatic rings. The Balaban J connectivity index is 1.56. The molecule has 3 atom stereocenters. The summed E-state index contributed by atoms with van der Waals surface area (Å²) in [6.07, 6.45) is 2.66. The van der Waals surface area contributed by atoms with Crippen LogP contribution in [-0.2, 0) is 0 Å². The number of nitrogens with one attached hydrogen (secondary N) is 8. The smallest absolute Gasteiger partial charge is 0.0749 e. The summed E-state index contributed by atoms with van der Waals surface area (Å²) < 4.78 is 0. The van der Waals surface area contributed by atoms with E-state index in [0.29, 0.717) is 24.2 Å². The van der Waals surface area contributed by atoms with Gasteiger partial charge < -0.3 is 37.2 Å². The van der Waals surface area contributed by atoms with Gasteiger partial charge in [-0.1, -0.05) is 0 Å². The van der Waals surface area contributed by atoms with Crippen molar-refractivity contribution in [2.75, 3.05) is 85.3 Å². The lowest BCUT2D eigenvalue weighted by molar-refractivity contribution is -0.190.